The van der Waals surface area contributed by atoms with E-state index in [0.29, 0.717) is 11.0 Å². The summed E-state index contributed by atoms with van der Waals surface area (Å²) < 4.78 is 5.99. The van der Waals surface area contributed by atoms with Gasteiger partial charge in [0.15, 0.2) is 8.32 Å². The van der Waals surface area contributed by atoms with E-state index in [1.54, 1.807) is 0 Å². The van der Waals surface area contributed by atoms with E-state index in [1.165, 1.54) is 0 Å². The lowest BCUT2D eigenvalue weighted by molar-refractivity contribution is 0.305. The third kappa shape index (κ3) is 4.82. The van der Waals surface area contributed by atoms with Crippen molar-refractivity contribution in [2.75, 3.05) is 6.61 Å². The average Bonchev–Trinajstić information content (AvgIpc) is 1.82. The molecule has 0 fully saturated rings. The Morgan fingerprint density at radius 3 is 2.00 bits per heavy atom. The molecule has 0 bridgehead atoms. The molecule has 1 radical (unpaired) electrons. The van der Waals surface area contributed by atoms with Crippen LogP contribution in [0.4, 0.5) is 0 Å². The highest BCUT2D eigenvalue weighted by Crippen LogP contribution is 2.36. The largest absolute Gasteiger partial charge is 0.417 e. The van der Waals surface area contributed by atoms with Crippen molar-refractivity contribution in [1.29, 1.82) is 0 Å². The van der Waals surface area contributed by atoms with Crippen LogP contribution in [0.1, 0.15) is 34.6 Å². The van der Waals surface area contributed by atoms with Gasteiger partial charge in [-0.05, 0) is 30.5 Å². The van der Waals surface area contributed by atoms with Gasteiger partial charge in [0.2, 0.25) is 0 Å². The number of hydrogen-bond acceptors (Lipinski definition) is 1. The molecule has 2 heteroatoms. The second-order valence-corrected chi connectivity index (χ2v) is 10.4. The lowest BCUT2D eigenvalue weighted by atomic mass is 10.2. The summed E-state index contributed by atoms with van der Waals surface area (Å²) in [6.45, 7) is 16.6. The molecule has 0 saturated heterocycles. The van der Waals surface area contributed by atoms with Gasteiger partial charge in [0.1, 0.15) is 0 Å². The minimum Gasteiger partial charge on any atom is -0.417 e. The molecule has 0 heterocycles. The molecule has 1 nitrogen and oxygen atoms in total. The van der Waals surface area contributed by atoms with Gasteiger partial charge in [0, 0.05) is 6.61 Å². The third-order valence-electron chi connectivity index (χ3n) is 2.82. The molecule has 0 aromatic rings. The quantitative estimate of drug-likeness (QED) is 0.627. The van der Waals surface area contributed by atoms with Gasteiger partial charge in [-0.25, -0.2) is 0 Å². The van der Waals surface area contributed by atoms with Crippen LogP contribution in [0.3, 0.4) is 0 Å². The van der Waals surface area contributed by atoms with E-state index in [0.717, 1.165) is 6.61 Å². The first-order chi connectivity index (χ1) is 5.67. The Balaban J connectivity index is 3.90. The van der Waals surface area contributed by atoms with Crippen LogP contribution in [0.5, 0.6) is 0 Å². The summed E-state index contributed by atoms with van der Waals surface area (Å²) in [6, 6.07) is 0. The third-order valence-corrected chi connectivity index (χ3v) is 7.32. The predicted molar refractivity (Wildman–Crippen MR) is 62.3 cm³/mol. The normalized spacial score (nSPS) is 13.8. The van der Waals surface area contributed by atoms with Gasteiger partial charge >= 0.3 is 0 Å². The SMILES string of the molecule is CC(C)[CH]CO[Si](C)(C)C(C)(C)C. The predicted octanol–water partition coefficient (Wildman–Crippen LogP) is 3.87. The van der Waals surface area contributed by atoms with Gasteiger partial charge in [-0.3, -0.25) is 0 Å². The van der Waals surface area contributed by atoms with Gasteiger partial charge in [0.05, 0.1) is 0 Å². The molecular weight excluding hydrogens is 176 g/mol. The summed E-state index contributed by atoms with van der Waals surface area (Å²) in [5, 5.41) is 0.331. The van der Waals surface area contributed by atoms with Crippen molar-refractivity contribution < 1.29 is 4.43 Å². The molecule has 0 aliphatic rings. The van der Waals surface area contributed by atoms with Crippen LogP contribution in [-0.4, -0.2) is 14.9 Å². The molecule has 0 spiro atoms. The van der Waals surface area contributed by atoms with E-state index in [-0.39, 0.29) is 0 Å². The van der Waals surface area contributed by atoms with Gasteiger partial charge in [-0.1, -0.05) is 34.6 Å². The smallest absolute Gasteiger partial charge is 0.191 e. The Labute approximate surface area is 85.0 Å². The maximum Gasteiger partial charge on any atom is 0.191 e. The summed E-state index contributed by atoms with van der Waals surface area (Å²) >= 11 is 0. The molecule has 0 atom stereocenters. The minimum atomic E-state index is -1.50. The summed E-state index contributed by atoms with van der Waals surface area (Å²) in [7, 11) is -1.50. The molecule has 0 aromatic carbocycles. The van der Waals surface area contributed by atoms with Crippen molar-refractivity contribution in [3.63, 3.8) is 0 Å². The highest BCUT2D eigenvalue weighted by molar-refractivity contribution is 6.74. The fourth-order valence-electron chi connectivity index (χ4n) is 0.665. The summed E-state index contributed by atoms with van der Waals surface area (Å²) in [6.07, 6.45) is 2.24. The van der Waals surface area contributed by atoms with E-state index < -0.39 is 8.32 Å². The molecular formula is C11H25OSi. The fraction of sp³-hybridized carbons (Fsp3) is 0.909. The van der Waals surface area contributed by atoms with Gasteiger partial charge in [-0.2, -0.15) is 0 Å². The van der Waals surface area contributed by atoms with Crippen LogP contribution < -0.4 is 0 Å². The van der Waals surface area contributed by atoms with Crippen molar-refractivity contribution in [2.24, 2.45) is 5.92 Å². The Morgan fingerprint density at radius 1 is 1.23 bits per heavy atom. The van der Waals surface area contributed by atoms with E-state index in [4.69, 9.17) is 4.43 Å². The first kappa shape index (κ1) is 13.2. The summed E-state index contributed by atoms with van der Waals surface area (Å²) in [4.78, 5) is 0. The summed E-state index contributed by atoms with van der Waals surface area (Å²) in [5.41, 5.74) is 0. The molecule has 0 amide bonds. The first-order valence-electron chi connectivity index (χ1n) is 5.14. The lowest BCUT2D eigenvalue weighted by Crippen LogP contribution is -2.41. The molecule has 13 heavy (non-hydrogen) atoms. The van der Waals surface area contributed by atoms with Crippen molar-refractivity contribution in [3.8, 4) is 0 Å². The van der Waals surface area contributed by atoms with E-state index in [9.17, 15) is 0 Å². The van der Waals surface area contributed by atoms with Crippen molar-refractivity contribution in [2.45, 2.75) is 52.8 Å². The Kier molecular flexibility index (Phi) is 4.67. The zero-order valence-corrected chi connectivity index (χ0v) is 11.3. The van der Waals surface area contributed by atoms with Crippen molar-refractivity contribution >= 4 is 8.32 Å². The van der Waals surface area contributed by atoms with Crippen molar-refractivity contribution in [3.05, 3.63) is 6.42 Å². The lowest BCUT2D eigenvalue weighted by Gasteiger charge is -2.36. The molecule has 0 aliphatic carbocycles. The molecule has 0 aromatic heterocycles. The molecule has 0 N–H and O–H groups in total. The summed E-state index contributed by atoms with van der Waals surface area (Å²) in [5.74, 6) is 0.629. The van der Waals surface area contributed by atoms with Crippen LogP contribution in [0.25, 0.3) is 0 Å². The topological polar surface area (TPSA) is 9.23 Å². The first-order valence-corrected chi connectivity index (χ1v) is 8.05. The Bertz CT molecular complexity index is 145. The Morgan fingerprint density at radius 2 is 1.69 bits per heavy atom. The van der Waals surface area contributed by atoms with Crippen LogP contribution in [0.2, 0.25) is 18.1 Å². The Hall–Kier alpha value is 0.177. The molecule has 0 unspecified atom stereocenters. The van der Waals surface area contributed by atoms with Crippen LogP contribution in [-0.2, 0) is 4.43 Å². The second kappa shape index (κ2) is 4.60. The number of hydrogen-bond donors (Lipinski definition) is 0. The highest BCUT2D eigenvalue weighted by Gasteiger charge is 2.36. The van der Waals surface area contributed by atoms with Gasteiger partial charge in [0.25, 0.3) is 0 Å². The van der Waals surface area contributed by atoms with Crippen molar-refractivity contribution in [1.82, 2.24) is 0 Å². The zero-order valence-electron chi connectivity index (χ0n) is 10.3. The van der Waals surface area contributed by atoms with Crippen LogP contribution in [0, 0.1) is 12.3 Å². The zero-order chi connectivity index (χ0) is 10.7. The van der Waals surface area contributed by atoms with Gasteiger partial charge < -0.3 is 4.43 Å². The highest BCUT2D eigenvalue weighted by atomic mass is 28.4. The standard InChI is InChI=1S/C11H25OSi/c1-10(2)8-9-12-13(6,7)11(3,4)5/h8,10H,9H2,1-7H3. The molecule has 0 aliphatic heterocycles. The maximum atomic E-state index is 5.99. The monoisotopic (exact) mass is 201 g/mol. The molecule has 79 valence electrons. The minimum absolute atomic E-state index is 0.331. The van der Waals surface area contributed by atoms with Gasteiger partial charge in [-0.15, -0.1) is 0 Å². The number of rotatable bonds is 4. The average molecular weight is 201 g/mol. The van der Waals surface area contributed by atoms with E-state index >= 15 is 0 Å². The second-order valence-electron chi connectivity index (χ2n) is 5.55. The fourth-order valence-corrected chi connectivity index (χ4v) is 1.61. The van der Waals surface area contributed by atoms with E-state index in [2.05, 4.69) is 54.1 Å². The van der Waals surface area contributed by atoms with E-state index in [1.807, 2.05) is 0 Å². The van der Waals surface area contributed by atoms with Crippen LogP contribution >= 0.6 is 0 Å². The molecule has 0 saturated carbocycles. The van der Waals surface area contributed by atoms with Crippen LogP contribution in [0.15, 0.2) is 0 Å². The maximum absolute atomic E-state index is 5.99. The molecule has 0 rings (SSSR count).